The van der Waals surface area contributed by atoms with Crippen LogP contribution < -0.4 is 0 Å². The monoisotopic (exact) mass is 190 g/mol. The predicted molar refractivity (Wildman–Crippen MR) is 33.5 cm³/mol. The zero-order valence-corrected chi connectivity index (χ0v) is 6.44. The summed E-state index contributed by atoms with van der Waals surface area (Å²) in [5.74, 6) is -4.13. The normalized spacial score (nSPS) is 15.2. The Kier molecular flexibility index (Phi) is 4.47. The summed E-state index contributed by atoms with van der Waals surface area (Å²) in [5, 5.41) is 8.53. The Bertz CT molecular complexity index is 127. The first-order chi connectivity index (χ1) is 5.36. The maximum Gasteiger partial charge on any atom is 0.330 e. The van der Waals surface area contributed by atoms with Crippen LogP contribution in [0, 0.1) is 0 Å². The number of alkyl halides is 4. The van der Waals surface area contributed by atoms with Gasteiger partial charge in [-0.05, 0) is 6.92 Å². The van der Waals surface area contributed by atoms with Crippen LogP contribution in [0.1, 0.15) is 6.92 Å². The van der Waals surface area contributed by atoms with Gasteiger partial charge in [-0.25, -0.2) is 8.78 Å². The van der Waals surface area contributed by atoms with E-state index in [-0.39, 0.29) is 6.61 Å². The average molecular weight is 190 g/mol. The molecule has 0 aromatic rings. The van der Waals surface area contributed by atoms with Crippen molar-refractivity contribution in [3.8, 4) is 0 Å². The van der Waals surface area contributed by atoms with Crippen molar-refractivity contribution >= 4 is 0 Å². The third kappa shape index (κ3) is 4.50. The molecular formula is C6H10F4O2. The van der Waals surface area contributed by atoms with Crippen LogP contribution in [0.4, 0.5) is 17.6 Å². The van der Waals surface area contributed by atoms with E-state index in [0.29, 0.717) is 0 Å². The van der Waals surface area contributed by atoms with Crippen LogP contribution in [0.25, 0.3) is 0 Å². The number of halogens is 4. The lowest BCUT2D eigenvalue weighted by atomic mass is 10.4. The fourth-order valence-electron chi connectivity index (χ4n) is 0.429. The Balaban J connectivity index is 3.61. The Labute approximate surface area is 67.1 Å². The number of ether oxygens (including phenoxy) is 1. The first kappa shape index (κ1) is 11.6. The molecule has 12 heavy (non-hydrogen) atoms. The van der Waals surface area contributed by atoms with Gasteiger partial charge in [0, 0.05) is 0 Å². The third-order valence-corrected chi connectivity index (χ3v) is 0.973. The molecule has 0 spiro atoms. The molecule has 0 amide bonds. The summed E-state index contributed by atoms with van der Waals surface area (Å²) in [6.07, 6.45) is -4.66. The summed E-state index contributed by atoms with van der Waals surface area (Å²) in [6.45, 7) is -0.432. The minimum absolute atomic E-state index is 0.373. The molecule has 0 saturated heterocycles. The first-order valence-electron chi connectivity index (χ1n) is 3.28. The minimum atomic E-state index is -4.13. The second kappa shape index (κ2) is 4.61. The highest BCUT2D eigenvalue weighted by Gasteiger charge is 2.40. The molecule has 6 heteroatoms. The predicted octanol–water partition coefficient (Wildman–Crippen LogP) is 1.28. The van der Waals surface area contributed by atoms with Gasteiger partial charge in [-0.15, -0.1) is 0 Å². The van der Waals surface area contributed by atoms with Gasteiger partial charge in [-0.3, -0.25) is 0 Å². The summed E-state index contributed by atoms with van der Waals surface area (Å²) in [5.41, 5.74) is 0. The Morgan fingerprint density at radius 2 is 1.92 bits per heavy atom. The second-order valence-corrected chi connectivity index (χ2v) is 2.43. The molecular weight excluding hydrogens is 180 g/mol. The van der Waals surface area contributed by atoms with Gasteiger partial charge in [-0.2, -0.15) is 8.78 Å². The Morgan fingerprint density at radius 3 is 2.25 bits per heavy atom. The van der Waals surface area contributed by atoms with E-state index < -0.39 is 25.1 Å². The van der Waals surface area contributed by atoms with E-state index in [1.807, 2.05) is 0 Å². The van der Waals surface area contributed by atoms with Crippen LogP contribution in [-0.2, 0) is 4.74 Å². The fraction of sp³-hybridized carbons (Fsp3) is 1.00. The van der Waals surface area contributed by atoms with E-state index in [9.17, 15) is 17.6 Å². The zero-order valence-electron chi connectivity index (χ0n) is 6.44. The van der Waals surface area contributed by atoms with Crippen LogP contribution in [-0.4, -0.2) is 36.8 Å². The van der Waals surface area contributed by atoms with Crippen molar-refractivity contribution in [2.75, 3.05) is 13.2 Å². The molecule has 0 aliphatic heterocycles. The molecule has 0 bridgehead atoms. The molecule has 0 aromatic heterocycles. The molecule has 0 aliphatic rings. The average Bonchev–Trinajstić information content (AvgIpc) is 1.85. The van der Waals surface area contributed by atoms with Crippen LogP contribution in [0.3, 0.4) is 0 Å². The van der Waals surface area contributed by atoms with Crippen molar-refractivity contribution in [2.45, 2.75) is 25.4 Å². The Morgan fingerprint density at radius 1 is 1.42 bits per heavy atom. The van der Waals surface area contributed by atoms with Gasteiger partial charge in [0.15, 0.2) is 0 Å². The van der Waals surface area contributed by atoms with E-state index in [0.717, 1.165) is 0 Å². The fourth-order valence-corrected chi connectivity index (χ4v) is 0.429. The van der Waals surface area contributed by atoms with Crippen molar-refractivity contribution in [2.24, 2.45) is 0 Å². The molecule has 0 aromatic carbocycles. The van der Waals surface area contributed by atoms with Crippen LogP contribution in [0.2, 0.25) is 0 Å². The highest BCUT2D eigenvalue weighted by molar-refractivity contribution is 4.67. The van der Waals surface area contributed by atoms with Gasteiger partial charge in [0.2, 0.25) is 0 Å². The van der Waals surface area contributed by atoms with Gasteiger partial charge < -0.3 is 9.84 Å². The van der Waals surface area contributed by atoms with Gasteiger partial charge in [0.25, 0.3) is 0 Å². The van der Waals surface area contributed by atoms with E-state index >= 15 is 0 Å². The summed E-state index contributed by atoms with van der Waals surface area (Å²) >= 11 is 0. The van der Waals surface area contributed by atoms with Crippen molar-refractivity contribution in [3.63, 3.8) is 0 Å². The number of hydrogen-bond donors (Lipinski definition) is 1. The molecule has 0 fully saturated rings. The molecule has 1 N–H and O–H groups in total. The molecule has 2 nitrogen and oxygen atoms in total. The number of rotatable bonds is 5. The highest BCUT2D eigenvalue weighted by atomic mass is 19.3. The van der Waals surface area contributed by atoms with Gasteiger partial charge in [0.1, 0.15) is 6.61 Å². The molecule has 0 rings (SSSR count). The van der Waals surface area contributed by atoms with Crippen molar-refractivity contribution < 1.29 is 27.4 Å². The number of aliphatic hydroxyl groups excluding tert-OH is 1. The topological polar surface area (TPSA) is 29.5 Å². The summed E-state index contributed by atoms with van der Waals surface area (Å²) in [7, 11) is 0. The Hall–Kier alpha value is -0.360. The van der Waals surface area contributed by atoms with E-state index in [1.165, 1.54) is 6.92 Å². The molecule has 0 unspecified atom stereocenters. The smallest absolute Gasteiger partial charge is 0.330 e. The SMILES string of the molecule is C[C@@H](O)COCC(F)(F)C(F)F. The first-order valence-corrected chi connectivity index (χ1v) is 3.28. The summed E-state index contributed by atoms with van der Waals surface area (Å²) in [4.78, 5) is 0. The number of hydrogen-bond acceptors (Lipinski definition) is 2. The largest absolute Gasteiger partial charge is 0.391 e. The molecule has 0 heterocycles. The lowest BCUT2D eigenvalue weighted by Gasteiger charge is -2.15. The second-order valence-electron chi connectivity index (χ2n) is 2.43. The van der Waals surface area contributed by atoms with Crippen molar-refractivity contribution in [3.05, 3.63) is 0 Å². The van der Waals surface area contributed by atoms with Crippen molar-refractivity contribution in [1.82, 2.24) is 0 Å². The number of aliphatic hydroxyl groups is 1. The van der Waals surface area contributed by atoms with Crippen LogP contribution in [0.5, 0.6) is 0 Å². The standard InChI is InChI=1S/C6H10F4O2/c1-4(11)2-12-3-6(9,10)5(7)8/h4-5,11H,2-3H2,1H3/t4-/m1/s1. The van der Waals surface area contributed by atoms with Crippen LogP contribution >= 0.6 is 0 Å². The highest BCUT2D eigenvalue weighted by Crippen LogP contribution is 2.22. The van der Waals surface area contributed by atoms with Gasteiger partial charge >= 0.3 is 12.3 Å². The molecule has 74 valence electrons. The van der Waals surface area contributed by atoms with E-state index in [2.05, 4.69) is 4.74 Å². The maximum absolute atomic E-state index is 12.0. The minimum Gasteiger partial charge on any atom is -0.391 e. The van der Waals surface area contributed by atoms with Crippen LogP contribution in [0.15, 0.2) is 0 Å². The van der Waals surface area contributed by atoms with Gasteiger partial charge in [0.05, 0.1) is 12.7 Å². The zero-order chi connectivity index (χ0) is 9.78. The lowest BCUT2D eigenvalue weighted by Crippen LogP contribution is -2.33. The molecule has 0 radical (unpaired) electrons. The lowest BCUT2D eigenvalue weighted by molar-refractivity contribution is -0.170. The quantitative estimate of drug-likeness (QED) is 0.662. The van der Waals surface area contributed by atoms with E-state index in [1.54, 1.807) is 0 Å². The summed E-state index contributed by atoms with van der Waals surface area (Å²) < 4.78 is 51.1. The third-order valence-electron chi connectivity index (χ3n) is 0.973. The van der Waals surface area contributed by atoms with E-state index in [4.69, 9.17) is 5.11 Å². The molecule has 1 atom stereocenters. The van der Waals surface area contributed by atoms with Gasteiger partial charge in [-0.1, -0.05) is 0 Å². The maximum atomic E-state index is 12.0. The van der Waals surface area contributed by atoms with Crippen molar-refractivity contribution in [1.29, 1.82) is 0 Å². The molecule has 0 saturated carbocycles. The summed E-state index contributed by atoms with van der Waals surface area (Å²) in [6, 6.07) is 0. The molecule has 0 aliphatic carbocycles.